The van der Waals surface area contributed by atoms with Gasteiger partial charge < -0.3 is 14.2 Å². The summed E-state index contributed by atoms with van der Waals surface area (Å²) >= 11 is 0. The molecule has 2 fully saturated rings. The maximum Gasteiger partial charge on any atom is 0.236 e. The first-order valence-electron chi connectivity index (χ1n) is 9.13. The van der Waals surface area contributed by atoms with Gasteiger partial charge in [0.05, 0.1) is 18.8 Å². The van der Waals surface area contributed by atoms with Gasteiger partial charge in [-0.25, -0.2) is 4.98 Å². The van der Waals surface area contributed by atoms with Gasteiger partial charge in [0.25, 0.3) is 0 Å². The standard InChI is InChI=1S/C18H30N4O2/c1-14-10-22(11-15(2)24-14)18(23)13-21-7-4-5-16(12-21)9-17-19-6-8-20(17)3/h6,8,14-16H,4-5,7,9-13H2,1-3H3/t14-,15-,16-/m1/s1. The lowest BCUT2D eigenvalue weighted by atomic mass is 9.94. The SMILES string of the molecule is C[C@@H]1CN(C(=O)CN2CCC[C@H](Cc3nccn3C)C2)C[C@@H](C)O1. The van der Waals surface area contributed by atoms with Gasteiger partial charge in [0.15, 0.2) is 0 Å². The zero-order valence-corrected chi connectivity index (χ0v) is 15.1. The molecule has 0 radical (unpaired) electrons. The molecule has 0 unspecified atom stereocenters. The van der Waals surface area contributed by atoms with E-state index >= 15 is 0 Å². The minimum absolute atomic E-state index is 0.134. The molecule has 3 atom stereocenters. The van der Waals surface area contributed by atoms with Gasteiger partial charge in [0, 0.05) is 45.5 Å². The molecule has 0 aromatic carbocycles. The van der Waals surface area contributed by atoms with Crippen LogP contribution in [0.1, 0.15) is 32.5 Å². The molecule has 0 bridgehead atoms. The molecule has 3 heterocycles. The van der Waals surface area contributed by atoms with Crippen LogP contribution in [0.3, 0.4) is 0 Å². The van der Waals surface area contributed by atoms with E-state index in [1.807, 2.05) is 38.2 Å². The number of carbonyl (C=O) groups is 1. The van der Waals surface area contributed by atoms with Crippen molar-refractivity contribution >= 4 is 5.91 Å². The van der Waals surface area contributed by atoms with Crippen LogP contribution in [-0.2, 0) is 23.0 Å². The summed E-state index contributed by atoms with van der Waals surface area (Å²) in [5, 5.41) is 0. The van der Waals surface area contributed by atoms with Crippen molar-refractivity contribution in [3.8, 4) is 0 Å². The molecule has 3 rings (SSSR count). The third kappa shape index (κ3) is 4.36. The molecule has 0 aliphatic carbocycles. The first-order chi connectivity index (χ1) is 11.5. The Labute approximate surface area is 144 Å². The number of aryl methyl sites for hydroxylation is 1. The second-order valence-electron chi connectivity index (χ2n) is 7.46. The monoisotopic (exact) mass is 334 g/mol. The van der Waals surface area contributed by atoms with Crippen molar-refractivity contribution in [3.63, 3.8) is 0 Å². The summed E-state index contributed by atoms with van der Waals surface area (Å²) in [6, 6.07) is 0. The van der Waals surface area contributed by atoms with Gasteiger partial charge >= 0.3 is 0 Å². The highest BCUT2D eigenvalue weighted by Gasteiger charge is 2.28. The number of rotatable bonds is 4. The highest BCUT2D eigenvalue weighted by atomic mass is 16.5. The van der Waals surface area contributed by atoms with Gasteiger partial charge in [0.2, 0.25) is 5.91 Å². The Morgan fingerprint density at radius 1 is 1.29 bits per heavy atom. The fraction of sp³-hybridized carbons (Fsp3) is 0.778. The molecule has 6 heteroatoms. The van der Waals surface area contributed by atoms with E-state index in [0.717, 1.165) is 31.8 Å². The molecular weight excluding hydrogens is 304 g/mol. The van der Waals surface area contributed by atoms with Crippen molar-refractivity contribution in [2.75, 3.05) is 32.7 Å². The third-order valence-electron chi connectivity index (χ3n) is 5.13. The molecule has 6 nitrogen and oxygen atoms in total. The largest absolute Gasteiger partial charge is 0.372 e. The average Bonchev–Trinajstić information content (AvgIpc) is 2.92. The van der Waals surface area contributed by atoms with Crippen molar-refractivity contribution in [1.29, 1.82) is 0 Å². The lowest BCUT2D eigenvalue weighted by Gasteiger charge is -2.38. The van der Waals surface area contributed by atoms with Crippen molar-refractivity contribution in [2.45, 2.75) is 45.3 Å². The topological polar surface area (TPSA) is 50.6 Å². The first kappa shape index (κ1) is 17.4. The van der Waals surface area contributed by atoms with Crippen molar-refractivity contribution in [2.24, 2.45) is 13.0 Å². The number of hydrogen-bond donors (Lipinski definition) is 0. The van der Waals surface area contributed by atoms with Gasteiger partial charge in [0.1, 0.15) is 5.82 Å². The molecule has 2 aliphatic heterocycles. The van der Waals surface area contributed by atoms with Crippen LogP contribution >= 0.6 is 0 Å². The fourth-order valence-corrected chi connectivity index (χ4v) is 3.99. The van der Waals surface area contributed by atoms with Gasteiger partial charge in [-0.3, -0.25) is 9.69 Å². The minimum atomic E-state index is 0.134. The van der Waals surface area contributed by atoms with Gasteiger partial charge in [-0.15, -0.1) is 0 Å². The number of nitrogens with zero attached hydrogens (tertiary/aromatic N) is 4. The van der Waals surface area contributed by atoms with E-state index in [4.69, 9.17) is 4.74 Å². The second kappa shape index (κ2) is 7.66. The van der Waals surface area contributed by atoms with Gasteiger partial charge in [-0.05, 0) is 39.2 Å². The van der Waals surface area contributed by atoms with Gasteiger partial charge in [-0.1, -0.05) is 0 Å². The zero-order chi connectivity index (χ0) is 17.1. The van der Waals surface area contributed by atoms with Crippen LogP contribution in [0.25, 0.3) is 0 Å². The number of hydrogen-bond acceptors (Lipinski definition) is 4. The number of carbonyl (C=O) groups excluding carboxylic acids is 1. The number of imidazole rings is 1. The summed E-state index contributed by atoms with van der Waals surface area (Å²) in [5.41, 5.74) is 0. The molecular formula is C18H30N4O2. The number of morpholine rings is 1. The molecule has 0 N–H and O–H groups in total. The average molecular weight is 334 g/mol. The van der Waals surface area contributed by atoms with E-state index in [1.54, 1.807) is 0 Å². The molecule has 2 aliphatic rings. The van der Waals surface area contributed by atoms with Crippen LogP contribution < -0.4 is 0 Å². The molecule has 2 saturated heterocycles. The van der Waals surface area contributed by atoms with Gasteiger partial charge in [-0.2, -0.15) is 0 Å². The summed E-state index contributed by atoms with van der Waals surface area (Å²) in [6.07, 6.45) is 7.52. The maximum absolute atomic E-state index is 12.6. The maximum atomic E-state index is 12.6. The van der Waals surface area contributed by atoms with Crippen LogP contribution in [0.5, 0.6) is 0 Å². The van der Waals surface area contributed by atoms with Crippen LogP contribution in [0.15, 0.2) is 12.4 Å². The summed E-state index contributed by atoms with van der Waals surface area (Å²) in [5.74, 6) is 1.98. The Balaban J connectivity index is 1.51. The molecule has 0 spiro atoms. The molecule has 0 saturated carbocycles. The zero-order valence-electron chi connectivity index (χ0n) is 15.1. The molecule has 1 amide bonds. The quantitative estimate of drug-likeness (QED) is 0.833. The highest BCUT2D eigenvalue weighted by Crippen LogP contribution is 2.20. The Bertz CT molecular complexity index is 549. The van der Waals surface area contributed by atoms with E-state index in [2.05, 4.69) is 14.5 Å². The number of amides is 1. The van der Waals surface area contributed by atoms with E-state index in [9.17, 15) is 4.79 Å². The summed E-state index contributed by atoms with van der Waals surface area (Å²) < 4.78 is 7.82. The number of ether oxygens (including phenoxy) is 1. The van der Waals surface area contributed by atoms with Crippen LogP contribution in [0, 0.1) is 5.92 Å². The lowest BCUT2D eigenvalue weighted by Crippen LogP contribution is -2.52. The summed E-state index contributed by atoms with van der Waals surface area (Å²) in [6.45, 7) is 8.07. The predicted octanol–water partition coefficient (Wildman–Crippen LogP) is 1.31. The Morgan fingerprint density at radius 3 is 2.71 bits per heavy atom. The summed E-state index contributed by atoms with van der Waals surface area (Å²) in [4.78, 5) is 21.4. The number of piperidine rings is 1. The Morgan fingerprint density at radius 2 is 2.04 bits per heavy atom. The second-order valence-corrected chi connectivity index (χ2v) is 7.46. The van der Waals surface area contributed by atoms with Crippen LogP contribution in [0.4, 0.5) is 0 Å². The normalized spacial score (nSPS) is 29.0. The summed E-state index contributed by atoms with van der Waals surface area (Å²) in [7, 11) is 2.05. The van der Waals surface area contributed by atoms with Crippen molar-refractivity contribution in [3.05, 3.63) is 18.2 Å². The number of aromatic nitrogens is 2. The van der Waals surface area contributed by atoms with E-state index in [0.29, 0.717) is 25.6 Å². The Hall–Kier alpha value is -1.40. The molecule has 1 aromatic rings. The predicted molar refractivity (Wildman–Crippen MR) is 92.7 cm³/mol. The third-order valence-corrected chi connectivity index (χ3v) is 5.13. The lowest BCUT2D eigenvalue weighted by molar-refractivity contribution is -0.144. The molecule has 134 valence electrons. The smallest absolute Gasteiger partial charge is 0.236 e. The molecule has 24 heavy (non-hydrogen) atoms. The fourth-order valence-electron chi connectivity index (χ4n) is 3.99. The van der Waals surface area contributed by atoms with E-state index < -0.39 is 0 Å². The van der Waals surface area contributed by atoms with E-state index in [-0.39, 0.29) is 18.1 Å². The Kier molecular flexibility index (Phi) is 5.56. The van der Waals surface area contributed by atoms with Crippen LogP contribution in [-0.4, -0.2) is 70.2 Å². The molecule has 1 aromatic heterocycles. The highest BCUT2D eigenvalue weighted by molar-refractivity contribution is 5.78. The first-order valence-corrected chi connectivity index (χ1v) is 9.13. The number of likely N-dealkylation sites (tertiary alicyclic amines) is 1. The van der Waals surface area contributed by atoms with Crippen molar-refractivity contribution in [1.82, 2.24) is 19.4 Å². The van der Waals surface area contributed by atoms with Crippen LogP contribution in [0.2, 0.25) is 0 Å². The van der Waals surface area contributed by atoms with Crippen molar-refractivity contribution < 1.29 is 9.53 Å². The minimum Gasteiger partial charge on any atom is -0.372 e. The van der Waals surface area contributed by atoms with E-state index in [1.165, 1.54) is 6.42 Å².